The molecule has 1 heterocycles. The van der Waals surface area contributed by atoms with Gasteiger partial charge in [-0.25, -0.2) is 0 Å². The van der Waals surface area contributed by atoms with Crippen LogP contribution in [0.2, 0.25) is 0 Å². The summed E-state index contributed by atoms with van der Waals surface area (Å²) in [6.07, 6.45) is 2.37. The van der Waals surface area contributed by atoms with E-state index in [1.165, 1.54) is 17.2 Å². The van der Waals surface area contributed by atoms with Crippen LogP contribution in [0, 0.1) is 5.41 Å². The number of thiophene rings is 1. The van der Waals surface area contributed by atoms with Crippen molar-refractivity contribution >= 4 is 38.2 Å². The Kier molecular flexibility index (Phi) is 4.13. The fourth-order valence-electron chi connectivity index (χ4n) is 2.64. The minimum atomic E-state index is -0.932. The molecule has 1 aromatic carbocycles. The first-order valence-electron chi connectivity index (χ1n) is 6.99. The molecule has 0 saturated heterocycles. The van der Waals surface area contributed by atoms with E-state index < -0.39 is 10.8 Å². The van der Waals surface area contributed by atoms with Crippen LogP contribution in [0.5, 0.6) is 0 Å². The maximum atomic E-state index is 12.4. The lowest BCUT2D eigenvalue weighted by Gasteiger charge is -2.12. The minimum absolute atomic E-state index is 0.0657. The summed E-state index contributed by atoms with van der Waals surface area (Å²) in [5, 5.41) is 3.30. The lowest BCUT2D eigenvalue weighted by molar-refractivity contribution is -0.141. The first-order chi connectivity index (χ1) is 10.1. The number of methoxy groups -OCH3 is 1. The maximum absolute atomic E-state index is 12.4. The number of carbonyl (C=O) groups excluding carboxylic acids is 1. The summed E-state index contributed by atoms with van der Waals surface area (Å²) < 4.78 is 18.4. The first kappa shape index (κ1) is 14.7. The molecule has 1 aromatic heterocycles. The van der Waals surface area contributed by atoms with Gasteiger partial charge in [-0.15, -0.1) is 11.3 Å². The zero-order valence-electron chi connectivity index (χ0n) is 12.0. The molecular weight excluding hydrogens is 304 g/mol. The highest BCUT2D eigenvalue weighted by Gasteiger charge is 2.45. The summed E-state index contributed by atoms with van der Waals surface area (Å²) in [6.45, 7) is 0. The van der Waals surface area contributed by atoms with E-state index >= 15 is 0 Å². The highest BCUT2D eigenvalue weighted by Crippen LogP contribution is 2.49. The minimum Gasteiger partial charge on any atom is -0.469 e. The van der Waals surface area contributed by atoms with Gasteiger partial charge in [-0.2, -0.15) is 0 Å². The van der Waals surface area contributed by atoms with Crippen molar-refractivity contribution in [1.82, 2.24) is 0 Å². The topological polar surface area (TPSA) is 43.4 Å². The zero-order chi connectivity index (χ0) is 14.9. The van der Waals surface area contributed by atoms with Gasteiger partial charge in [0.15, 0.2) is 0 Å². The molecule has 1 fully saturated rings. The smallest absolute Gasteiger partial charge is 0.306 e. The molecule has 1 atom stereocenters. The summed E-state index contributed by atoms with van der Waals surface area (Å²) in [7, 11) is 0.478. The standard InChI is InChI=1S/C16H18O3S2/c1-19-15(17)8-16(6-7-16)11-21(18)10-12-9-20-14-5-3-2-4-13(12)14/h2-5,9H,6-8,10-11H2,1H3. The molecule has 1 saturated carbocycles. The zero-order valence-corrected chi connectivity index (χ0v) is 13.6. The average molecular weight is 322 g/mol. The molecule has 3 rings (SSSR count). The van der Waals surface area contributed by atoms with Crippen molar-refractivity contribution < 1.29 is 13.7 Å². The van der Waals surface area contributed by atoms with Gasteiger partial charge in [-0.1, -0.05) is 18.2 Å². The Morgan fingerprint density at radius 1 is 1.38 bits per heavy atom. The van der Waals surface area contributed by atoms with Gasteiger partial charge in [-0.05, 0) is 40.7 Å². The number of hydrogen-bond donors (Lipinski definition) is 0. The Hall–Kier alpha value is -1.20. The van der Waals surface area contributed by atoms with Gasteiger partial charge in [0.25, 0.3) is 0 Å². The van der Waals surface area contributed by atoms with Crippen molar-refractivity contribution in [1.29, 1.82) is 0 Å². The molecule has 21 heavy (non-hydrogen) atoms. The highest BCUT2D eigenvalue weighted by molar-refractivity contribution is 7.84. The Labute approximate surface area is 130 Å². The summed E-state index contributed by atoms with van der Waals surface area (Å²) in [6, 6.07) is 8.21. The fraction of sp³-hybridized carbons (Fsp3) is 0.438. The second-order valence-corrected chi connectivity index (χ2v) is 8.11. The third-order valence-corrected chi connectivity index (χ3v) is 6.63. The summed E-state index contributed by atoms with van der Waals surface area (Å²) >= 11 is 1.70. The van der Waals surface area contributed by atoms with Crippen LogP contribution in [-0.2, 0) is 26.1 Å². The summed E-state index contributed by atoms with van der Waals surface area (Å²) in [5.41, 5.74) is 1.09. The van der Waals surface area contributed by atoms with Crippen LogP contribution in [0.3, 0.4) is 0 Å². The van der Waals surface area contributed by atoms with Crippen molar-refractivity contribution in [3.05, 3.63) is 35.2 Å². The van der Waals surface area contributed by atoms with Gasteiger partial charge in [-0.3, -0.25) is 9.00 Å². The molecule has 5 heteroatoms. The van der Waals surface area contributed by atoms with Crippen molar-refractivity contribution in [2.24, 2.45) is 5.41 Å². The lowest BCUT2D eigenvalue weighted by Crippen LogP contribution is -2.18. The molecule has 2 aromatic rings. The van der Waals surface area contributed by atoms with Crippen LogP contribution in [0.4, 0.5) is 0 Å². The SMILES string of the molecule is COC(=O)CC1(CS(=O)Cc2csc3ccccc23)CC1. The van der Waals surface area contributed by atoms with E-state index in [-0.39, 0.29) is 11.4 Å². The van der Waals surface area contributed by atoms with Crippen LogP contribution in [0.25, 0.3) is 10.1 Å². The van der Waals surface area contributed by atoms with E-state index in [2.05, 4.69) is 17.5 Å². The predicted octanol–water partition coefficient (Wildman–Crippen LogP) is 3.49. The molecule has 0 spiro atoms. The number of esters is 1. The molecule has 0 amide bonds. The molecule has 0 bridgehead atoms. The third kappa shape index (κ3) is 3.35. The Bertz CT molecular complexity index is 686. The summed E-state index contributed by atoms with van der Waals surface area (Å²) in [5.74, 6) is 0.990. The van der Waals surface area contributed by atoms with Gasteiger partial charge in [0, 0.05) is 27.0 Å². The average Bonchev–Trinajstić information content (AvgIpc) is 3.10. The molecule has 1 aliphatic rings. The molecule has 3 nitrogen and oxygen atoms in total. The molecular formula is C16H18O3S2. The van der Waals surface area contributed by atoms with Crippen molar-refractivity contribution in [3.8, 4) is 0 Å². The Morgan fingerprint density at radius 3 is 2.86 bits per heavy atom. The van der Waals surface area contributed by atoms with E-state index in [1.54, 1.807) is 11.3 Å². The summed E-state index contributed by atoms with van der Waals surface area (Å²) in [4.78, 5) is 11.4. The molecule has 1 aliphatic carbocycles. The largest absolute Gasteiger partial charge is 0.469 e. The normalized spacial score (nSPS) is 17.6. The first-order valence-corrected chi connectivity index (χ1v) is 9.36. The second kappa shape index (κ2) is 5.89. The Balaban J connectivity index is 1.66. The number of carbonyl (C=O) groups is 1. The number of hydrogen-bond acceptors (Lipinski definition) is 4. The van der Waals surface area contributed by atoms with E-state index in [4.69, 9.17) is 4.74 Å². The molecule has 0 radical (unpaired) electrons. The molecule has 0 aliphatic heterocycles. The van der Waals surface area contributed by atoms with Gasteiger partial charge in [0.05, 0.1) is 13.5 Å². The Morgan fingerprint density at radius 2 is 2.14 bits per heavy atom. The number of benzene rings is 1. The van der Waals surface area contributed by atoms with Crippen LogP contribution >= 0.6 is 11.3 Å². The molecule has 0 N–H and O–H groups in total. The number of rotatable bonds is 6. The number of fused-ring (bicyclic) bond motifs is 1. The maximum Gasteiger partial charge on any atom is 0.306 e. The quantitative estimate of drug-likeness (QED) is 0.765. The lowest BCUT2D eigenvalue weighted by atomic mass is 10.1. The van der Waals surface area contributed by atoms with Gasteiger partial charge < -0.3 is 4.74 Å². The highest BCUT2D eigenvalue weighted by atomic mass is 32.2. The van der Waals surface area contributed by atoms with Crippen LogP contribution < -0.4 is 0 Å². The number of ether oxygens (including phenoxy) is 1. The predicted molar refractivity (Wildman–Crippen MR) is 86.8 cm³/mol. The van der Waals surface area contributed by atoms with E-state index in [0.717, 1.165) is 18.4 Å². The molecule has 112 valence electrons. The van der Waals surface area contributed by atoms with Crippen LogP contribution in [0.1, 0.15) is 24.8 Å². The van der Waals surface area contributed by atoms with Gasteiger partial charge in [0.1, 0.15) is 0 Å². The van der Waals surface area contributed by atoms with Crippen LogP contribution in [-0.4, -0.2) is 23.0 Å². The van der Waals surface area contributed by atoms with Crippen molar-refractivity contribution in [2.45, 2.75) is 25.0 Å². The van der Waals surface area contributed by atoms with E-state index in [9.17, 15) is 9.00 Å². The second-order valence-electron chi connectivity index (χ2n) is 5.74. The van der Waals surface area contributed by atoms with Crippen molar-refractivity contribution in [3.63, 3.8) is 0 Å². The fourth-order valence-corrected chi connectivity index (χ4v) is 5.47. The van der Waals surface area contributed by atoms with Crippen molar-refractivity contribution in [2.75, 3.05) is 12.9 Å². The monoisotopic (exact) mass is 322 g/mol. The third-order valence-electron chi connectivity index (χ3n) is 4.05. The molecule has 1 unspecified atom stereocenters. The van der Waals surface area contributed by atoms with E-state index in [1.807, 2.05) is 12.1 Å². The van der Waals surface area contributed by atoms with Crippen LogP contribution in [0.15, 0.2) is 29.6 Å². The van der Waals surface area contributed by atoms with Gasteiger partial charge >= 0.3 is 5.97 Å². The van der Waals surface area contributed by atoms with Gasteiger partial charge in [0.2, 0.25) is 0 Å². The van der Waals surface area contributed by atoms with E-state index in [0.29, 0.717) is 17.9 Å².